The number of hydrogen-bond donors (Lipinski definition) is 0. The van der Waals surface area contributed by atoms with Gasteiger partial charge in [0.1, 0.15) is 0 Å². The van der Waals surface area contributed by atoms with Crippen LogP contribution in [-0.2, 0) is 9.53 Å². The second kappa shape index (κ2) is 6.21. The number of ether oxygens (including phenoxy) is 1. The van der Waals surface area contributed by atoms with Crippen LogP contribution in [0.4, 0.5) is 0 Å². The van der Waals surface area contributed by atoms with E-state index in [2.05, 4.69) is 13.8 Å². The second-order valence-corrected chi connectivity index (χ2v) is 5.58. The minimum absolute atomic E-state index is 0.169. The van der Waals surface area contributed by atoms with Crippen molar-refractivity contribution in [3.05, 3.63) is 22.8 Å². The van der Waals surface area contributed by atoms with Crippen LogP contribution in [0.15, 0.2) is 22.8 Å². The minimum Gasteiger partial charge on any atom is -0.463 e. The van der Waals surface area contributed by atoms with Gasteiger partial charge in [-0.05, 0) is 51.8 Å². The highest BCUT2D eigenvalue weighted by molar-refractivity contribution is 5.87. The molecule has 0 fully saturated rings. The average molecular weight is 252 g/mol. The summed E-state index contributed by atoms with van der Waals surface area (Å²) in [5.41, 5.74) is 2.09. The minimum atomic E-state index is -1.61. The third-order valence-corrected chi connectivity index (χ3v) is 3.49. The first-order chi connectivity index (χ1) is 9.12. The Morgan fingerprint density at radius 3 is 2.78 bits per heavy atom. The third kappa shape index (κ3) is 3.72. The molecule has 18 heavy (non-hydrogen) atoms. The molecule has 102 valence electrons. The summed E-state index contributed by atoms with van der Waals surface area (Å²) < 4.78 is 21.7. The summed E-state index contributed by atoms with van der Waals surface area (Å²) in [5.74, 6) is -0.441. The first-order valence-electron chi connectivity index (χ1n) is 7.69. The average Bonchev–Trinajstić information content (AvgIpc) is 2.26. The van der Waals surface area contributed by atoms with Crippen molar-refractivity contribution in [2.75, 3.05) is 6.61 Å². The van der Waals surface area contributed by atoms with Crippen molar-refractivity contribution in [1.82, 2.24) is 0 Å². The van der Waals surface area contributed by atoms with Gasteiger partial charge in [0.2, 0.25) is 0 Å². The number of carbonyl (C=O) groups excluding carboxylic acids is 1. The largest absolute Gasteiger partial charge is 0.463 e. The summed E-state index contributed by atoms with van der Waals surface area (Å²) in [6.45, 7) is 9.83. The normalized spacial score (nSPS) is 22.4. The van der Waals surface area contributed by atoms with E-state index in [-0.39, 0.29) is 5.41 Å². The van der Waals surface area contributed by atoms with Crippen LogP contribution < -0.4 is 0 Å². The van der Waals surface area contributed by atoms with Gasteiger partial charge in [0.05, 0.1) is 6.61 Å². The van der Waals surface area contributed by atoms with Crippen molar-refractivity contribution < 1.29 is 12.3 Å². The van der Waals surface area contributed by atoms with Crippen LogP contribution in [0, 0.1) is 5.41 Å². The molecule has 0 unspecified atom stereocenters. The topological polar surface area (TPSA) is 26.3 Å². The number of rotatable bonds is 4. The maximum absolute atomic E-state index is 11.7. The Hall–Kier alpha value is -1.05. The first kappa shape index (κ1) is 12.0. The van der Waals surface area contributed by atoms with Crippen molar-refractivity contribution in [2.24, 2.45) is 5.41 Å². The summed E-state index contributed by atoms with van der Waals surface area (Å²) in [6, 6.07) is 0. The van der Waals surface area contributed by atoms with Gasteiger partial charge in [-0.15, -0.1) is 0 Å². The zero-order valence-electron chi connectivity index (χ0n) is 14.2. The molecule has 0 aliphatic heterocycles. The van der Waals surface area contributed by atoms with E-state index in [4.69, 9.17) is 7.48 Å². The number of allylic oxidation sites excluding steroid dienone is 3. The Bertz CT molecular complexity index is 445. The molecule has 0 amide bonds. The van der Waals surface area contributed by atoms with Gasteiger partial charge in [0.25, 0.3) is 0 Å². The molecule has 0 heterocycles. The zero-order valence-corrected chi connectivity index (χ0v) is 12.2. The Morgan fingerprint density at radius 2 is 2.22 bits per heavy atom. The van der Waals surface area contributed by atoms with E-state index in [0.717, 1.165) is 30.4 Å². The molecule has 0 radical (unpaired) electrons. The van der Waals surface area contributed by atoms with Crippen molar-refractivity contribution in [3.63, 3.8) is 0 Å². The van der Waals surface area contributed by atoms with Crippen molar-refractivity contribution in [2.45, 2.75) is 60.3 Å². The fourth-order valence-electron chi connectivity index (χ4n) is 2.43. The van der Waals surface area contributed by atoms with E-state index in [1.807, 2.05) is 6.92 Å². The fraction of sp³-hybridized carbons (Fsp3) is 0.688. The molecule has 0 aromatic rings. The molecule has 0 bridgehead atoms. The lowest BCUT2D eigenvalue weighted by Crippen LogP contribution is -2.20. The van der Waals surface area contributed by atoms with Crippen molar-refractivity contribution >= 4 is 5.97 Å². The Morgan fingerprint density at radius 1 is 1.56 bits per heavy atom. The molecule has 0 saturated carbocycles. The van der Waals surface area contributed by atoms with Crippen molar-refractivity contribution in [3.8, 4) is 0 Å². The quantitative estimate of drug-likeness (QED) is 0.421. The maximum Gasteiger partial charge on any atom is 0.333 e. The van der Waals surface area contributed by atoms with Crippen LogP contribution >= 0.6 is 0 Å². The fourth-order valence-corrected chi connectivity index (χ4v) is 2.43. The summed E-state index contributed by atoms with van der Waals surface area (Å²) in [7, 11) is 0. The van der Waals surface area contributed by atoms with Gasteiger partial charge in [-0.3, -0.25) is 0 Å². The summed E-state index contributed by atoms with van der Waals surface area (Å²) >= 11 is 0. The Kier molecular flexibility index (Phi) is 4.15. The molecule has 1 aliphatic carbocycles. The van der Waals surface area contributed by atoms with Gasteiger partial charge >= 0.3 is 5.97 Å². The van der Waals surface area contributed by atoms with Gasteiger partial charge in [-0.2, -0.15) is 0 Å². The number of esters is 1. The van der Waals surface area contributed by atoms with E-state index >= 15 is 0 Å². The smallest absolute Gasteiger partial charge is 0.333 e. The highest BCUT2D eigenvalue weighted by atomic mass is 16.5. The summed E-state index contributed by atoms with van der Waals surface area (Å²) in [4.78, 5) is 11.7. The van der Waals surface area contributed by atoms with Gasteiger partial charge in [-0.1, -0.05) is 31.1 Å². The lowest BCUT2D eigenvalue weighted by Gasteiger charge is -2.34. The van der Waals surface area contributed by atoms with E-state index in [9.17, 15) is 4.79 Å². The Balaban J connectivity index is 3.15. The standard InChI is InChI=1S/C16H26O2/c1-6-18-15(17)13(3)9-10-14-12(2)8-7-11-16(14,4)5/h9H,6-8,10-11H2,1-5H3/b13-9-/i10D2. The molecule has 2 heteroatoms. The SMILES string of the molecule is [2H]C([2H])(/C=C(/C)C(=O)OCC)C1=C(C)CCCC1(C)C. The number of carbonyl (C=O) groups is 1. The number of hydrogen-bond acceptors (Lipinski definition) is 2. The second-order valence-electron chi connectivity index (χ2n) is 5.58. The zero-order chi connectivity index (χ0) is 15.6. The summed E-state index contributed by atoms with van der Waals surface area (Å²) in [6.07, 6.45) is 2.82. The molecule has 0 aromatic heterocycles. The predicted octanol–water partition coefficient (Wildman–Crippen LogP) is 4.41. The van der Waals surface area contributed by atoms with E-state index in [0.29, 0.717) is 12.2 Å². The molecule has 0 N–H and O–H groups in total. The Labute approximate surface area is 114 Å². The molecule has 0 aromatic carbocycles. The predicted molar refractivity (Wildman–Crippen MR) is 75.3 cm³/mol. The van der Waals surface area contributed by atoms with Crippen LogP contribution in [0.25, 0.3) is 0 Å². The van der Waals surface area contributed by atoms with Gasteiger partial charge in [0.15, 0.2) is 0 Å². The molecule has 2 nitrogen and oxygen atoms in total. The highest BCUT2D eigenvalue weighted by Crippen LogP contribution is 2.41. The maximum atomic E-state index is 11.7. The first-order valence-corrected chi connectivity index (χ1v) is 6.69. The van der Waals surface area contributed by atoms with Gasteiger partial charge < -0.3 is 4.74 Å². The van der Waals surface area contributed by atoms with Crippen molar-refractivity contribution in [1.29, 1.82) is 0 Å². The molecular formula is C16H26O2. The lowest BCUT2D eigenvalue weighted by molar-refractivity contribution is -0.138. The molecule has 1 rings (SSSR count). The lowest BCUT2D eigenvalue weighted by atomic mass is 9.71. The third-order valence-electron chi connectivity index (χ3n) is 3.49. The summed E-state index contributed by atoms with van der Waals surface area (Å²) in [5, 5.41) is 0. The van der Waals surface area contributed by atoms with Crippen LogP contribution in [0.2, 0.25) is 0 Å². The molecule has 0 spiro atoms. The van der Waals surface area contributed by atoms with E-state index in [1.54, 1.807) is 13.8 Å². The molecule has 0 atom stereocenters. The van der Waals surface area contributed by atoms with Crippen LogP contribution in [0.3, 0.4) is 0 Å². The van der Waals surface area contributed by atoms with Crippen LogP contribution in [-0.4, -0.2) is 12.6 Å². The van der Waals surface area contributed by atoms with E-state index < -0.39 is 12.3 Å². The molecule has 0 saturated heterocycles. The van der Waals surface area contributed by atoms with E-state index in [1.165, 1.54) is 6.08 Å². The molecular weight excluding hydrogens is 224 g/mol. The van der Waals surface area contributed by atoms with Gasteiger partial charge in [0, 0.05) is 8.31 Å². The monoisotopic (exact) mass is 252 g/mol. The molecule has 1 aliphatic rings. The van der Waals surface area contributed by atoms with Gasteiger partial charge in [-0.25, -0.2) is 4.79 Å². The van der Waals surface area contributed by atoms with Crippen LogP contribution in [0.5, 0.6) is 0 Å². The highest BCUT2D eigenvalue weighted by Gasteiger charge is 2.27. The van der Waals surface area contributed by atoms with Crippen LogP contribution in [0.1, 0.15) is 63.0 Å².